The van der Waals surface area contributed by atoms with Gasteiger partial charge in [0.15, 0.2) is 0 Å². The molecule has 1 aromatic rings. The average Bonchev–Trinajstić information content (AvgIpc) is 2.83. The van der Waals surface area contributed by atoms with Gasteiger partial charge in [0.25, 0.3) is 0 Å². The van der Waals surface area contributed by atoms with Crippen molar-refractivity contribution >= 4 is 5.91 Å². The number of ether oxygens (including phenoxy) is 1. The predicted molar refractivity (Wildman–Crippen MR) is 96.7 cm³/mol. The van der Waals surface area contributed by atoms with Crippen LogP contribution in [0.5, 0.6) is 0 Å². The molecule has 0 N–H and O–H groups in total. The molecular formula is C19H30N4O3. The molecule has 0 radical (unpaired) electrons. The molecule has 2 atom stereocenters. The van der Waals surface area contributed by atoms with Crippen LogP contribution in [0.1, 0.15) is 29.9 Å². The highest BCUT2D eigenvalue weighted by molar-refractivity contribution is 5.78. The monoisotopic (exact) mass is 362 g/mol. The van der Waals surface area contributed by atoms with E-state index in [1.807, 2.05) is 13.8 Å². The van der Waals surface area contributed by atoms with E-state index in [0.29, 0.717) is 24.4 Å². The number of aryl methyl sites for hydroxylation is 2. The zero-order chi connectivity index (χ0) is 18.1. The summed E-state index contributed by atoms with van der Waals surface area (Å²) in [7, 11) is 0. The molecule has 2 bridgehead atoms. The maximum Gasteiger partial charge on any atom is 0.237 e. The van der Waals surface area contributed by atoms with Gasteiger partial charge in [-0.1, -0.05) is 5.16 Å². The lowest BCUT2D eigenvalue weighted by Crippen LogP contribution is -2.52. The van der Waals surface area contributed by atoms with Crippen LogP contribution in [0.3, 0.4) is 0 Å². The average molecular weight is 362 g/mol. The highest BCUT2D eigenvalue weighted by atomic mass is 16.5. The Morgan fingerprint density at radius 2 is 1.92 bits per heavy atom. The number of piperidine rings is 1. The molecule has 26 heavy (non-hydrogen) atoms. The van der Waals surface area contributed by atoms with Crippen molar-refractivity contribution in [2.24, 2.45) is 5.92 Å². The lowest BCUT2D eigenvalue weighted by atomic mass is 9.95. The van der Waals surface area contributed by atoms with E-state index in [1.165, 1.54) is 12.0 Å². The minimum Gasteiger partial charge on any atom is -0.379 e. The fraction of sp³-hybridized carbons (Fsp3) is 0.789. The molecule has 0 unspecified atom stereocenters. The molecule has 0 spiro atoms. The molecule has 5 rings (SSSR count). The molecule has 0 saturated carbocycles. The molecule has 4 saturated heterocycles. The minimum atomic E-state index is 0.292. The number of amides is 1. The van der Waals surface area contributed by atoms with Gasteiger partial charge in [-0.25, -0.2) is 0 Å². The van der Waals surface area contributed by atoms with Crippen LogP contribution in [0.2, 0.25) is 0 Å². The summed E-state index contributed by atoms with van der Waals surface area (Å²) < 4.78 is 10.7. The van der Waals surface area contributed by atoms with Gasteiger partial charge in [-0.2, -0.15) is 0 Å². The van der Waals surface area contributed by atoms with E-state index in [4.69, 9.17) is 9.26 Å². The lowest BCUT2D eigenvalue weighted by Gasteiger charge is -2.38. The van der Waals surface area contributed by atoms with Crippen LogP contribution < -0.4 is 0 Å². The highest BCUT2D eigenvalue weighted by Crippen LogP contribution is 2.29. The van der Waals surface area contributed by atoms with E-state index in [9.17, 15) is 4.79 Å². The van der Waals surface area contributed by atoms with Crippen LogP contribution in [-0.4, -0.2) is 84.3 Å². The van der Waals surface area contributed by atoms with Crippen molar-refractivity contribution in [2.75, 3.05) is 52.5 Å². The molecule has 4 fully saturated rings. The number of morpholine rings is 1. The van der Waals surface area contributed by atoms with Gasteiger partial charge in [-0.3, -0.25) is 14.6 Å². The van der Waals surface area contributed by atoms with Crippen molar-refractivity contribution in [3.8, 4) is 0 Å². The number of hydrogen-bond acceptors (Lipinski definition) is 6. The number of nitrogens with zero attached hydrogens (tertiary/aromatic N) is 4. The second kappa shape index (κ2) is 7.66. The summed E-state index contributed by atoms with van der Waals surface area (Å²) in [6.45, 7) is 11.5. The third-order valence-electron chi connectivity index (χ3n) is 6.14. The van der Waals surface area contributed by atoms with E-state index in [1.54, 1.807) is 0 Å². The molecule has 5 heterocycles. The first-order valence-corrected chi connectivity index (χ1v) is 9.84. The Labute approximate surface area is 155 Å². The Morgan fingerprint density at radius 1 is 1.12 bits per heavy atom. The number of carbonyl (C=O) groups excluding carboxylic acids is 1. The van der Waals surface area contributed by atoms with Crippen molar-refractivity contribution in [2.45, 2.75) is 39.3 Å². The second-order valence-electron chi connectivity index (χ2n) is 8.03. The standard InChI is InChI=1S/C19H30N4O3/c1-14-18(15(2)26-20-14)12-22-9-16-3-4-17(11-22)23(10-16)19(24)13-21-5-7-25-8-6-21/h16-17H,3-13H2,1-2H3/t16-,17+/m1/s1. The first-order chi connectivity index (χ1) is 12.6. The molecule has 1 aromatic heterocycles. The van der Waals surface area contributed by atoms with Crippen LogP contribution in [0.4, 0.5) is 0 Å². The van der Waals surface area contributed by atoms with Gasteiger partial charge in [0.1, 0.15) is 5.76 Å². The number of hydrogen-bond donors (Lipinski definition) is 0. The molecule has 4 aliphatic rings. The van der Waals surface area contributed by atoms with Crippen molar-refractivity contribution in [3.63, 3.8) is 0 Å². The number of fused-ring (bicyclic) bond motifs is 4. The summed E-state index contributed by atoms with van der Waals surface area (Å²) in [5.74, 6) is 1.78. The minimum absolute atomic E-state index is 0.292. The van der Waals surface area contributed by atoms with Crippen LogP contribution >= 0.6 is 0 Å². The highest BCUT2D eigenvalue weighted by Gasteiger charge is 2.37. The van der Waals surface area contributed by atoms with Gasteiger partial charge in [-0.15, -0.1) is 0 Å². The summed E-state index contributed by atoms with van der Waals surface area (Å²) in [5.41, 5.74) is 2.19. The zero-order valence-corrected chi connectivity index (χ0v) is 15.9. The third-order valence-corrected chi connectivity index (χ3v) is 6.14. The Morgan fingerprint density at radius 3 is 2.65 bits per heavy atom. The fourth-order valence-electron chi connectivity index (χ4n) is 4.61. The summed E-state index contributed by atoms with van der Waals surface area (Å²) in [4.78, 5) is 19.8. The van der Waals surface area contributed by atoms with E-state index in [2.05, 4.69) is 19.9 Å². The molecule has 7 heteroatoms. The Hall–Kier alpha value is -1.44. The lowest BCUT2D eigenvalue weighted by molar-refractivity contribution is -0.137. The Balaban J connectivity index is 1.40. The van der Waals surface area contributed by atoms with Crippen molar-refractivity contribution in [1.82, 2.24) is 19.9 Å². The molecule has 144 valence electrons. The fourth-order valence-corrected chi connectivity index (χ4v) is 4.61. The first kappa shape index (κ1) is 17.9. The van der Waals surface area contributed by atoms with Crippen molar-refractivity contribution in [3.05, 3.63) is 17.0 Å². The maximum absolute atomic E-state index is 12.9. The molecule has 7 nitrogen and oxygen atoms in total. The van der Waals surface area contributed by atoms with Gasteiger partial charge >= 0.3 is 0 Å². The summed E-state index contributed by atoms with van der Waals surface area (Å²) in [6.07, 6.45) is 2.35. The number of rotatable bonds is 4. The summed E-state index contributed by atoms with van der Waals surface area (Å²) in [5, 5.41) is 4.09. The Bertz CT molecular complexity index is 621. The quantitative estimate of drug-likeness (QED) is 0.798. The van der Waals surface area contributed by atoms with Crippen LogP contribution in [-0.2, 0) is 16.1 Å². The molecule has 0 aromatic carbocycles. The summed E-state index contributed by atoms with van der Waals surface area (Å²) >= 11 is 0. The van der Waals surface area contributed by atoms with Gasteiger partial charge in [0.05, 0.1) is 25.5 Å². The van der Waals surface area contributed by atoms with Crippen molar-refractivity contribution in [1.29, 1.82) is 0 Å². The Kier molecular flexibility index (Phi) is 5.29. The molecule has 0 aliphatic carbocycles. The topological polar surface area (TPSA) is 62.1 Å². The molecule has 1 amide bonds. The van der Waals surface area contributed by atoms with E-state index in [0.717, 1.165) is 70.4 Å². The number of carbonyl (C=O) groups is 1. The van der Waals surface area contributed by atoms with Gasteiger partial charge in [0, 0.05) is 50.9 Å². The van der Waals surface area contributed by atoms with Gasteiger partial charge < -0.3 is 14.2 Å². The normalized spacial score (nSPS) is 27.7. The maximum atomic E-state index is 12.9. The first-order valence-electron chi connectivity index (χ1n) is 9.84. The van der Waals surface area contributed by atoms with Crippen LogP contribution in [0, 0.1) is 19.8 Å². The molecular weight excluding hydrogens is 332 g/mol. The van der Waals surface area contributed by atoms with Crippen LogP contribution in [0.15, 0.2) is 4.52 Å². The van der Waals surface area contributed by atoms with E-state index >= 15 is 0 Å². The van der Waals surface area contributed by atoms with Gasteiger partial charge in [-0.05, 0) is 32.6 Å². The zero-order valence-electron chi connectivity index (χ0n) is 15.9. The third kappa shape index (κ3) is 3.80. The van der Waals surface area contributed by atoms with E-state index < -0.39 is 0 Å². The summed E-state index contributed by atoms with van der Waals surface area (Å²) in [6, 6.07) is 0.336. The smallest absolute Gasteiger partial charge is 0.237 e. The van der Waals surface area contributed by atoms with Crippen LogP contribution in [0.25, 0.3) is 0 Å². The van der Waals surface area contributed by atoms with Gasteiger partial charge in [0.2, 0.25) is 5.91 Å². The SMILES string of the molecule is Cc1noc(C)c1CN1C[C@H]2CC[C@@H](C1)N(C(=O)CN1CCOCC1)C2. The second-order valence-corrected chi connectivity index (χ2v) is 8.03. The largest absolute Gasteiger partial charge is 0.379 e. The predicted octanol–water partition coefficient (Wildman–Crippen LogP) is 1.05. The van der Waals surface area contributed by atoms with E-state index in [-0.39, 0.29) is 0 Å². The number of aromatic nitrogens is 1. The van der Waals surface area contributed by atoms with Crippen molar-refractivity contribution < 1.29 is 14.1 Å². The molecule has 4 aliphatic heterocycles.